The minimum atomic E-state index is -4.83. The van der Waals surface area contributed by atoms with Gasteiger partial charge in [0.1, 0.15) is 10.8 Å². The number of rotatable bonds is 11. The molecule has 16 heteroatoms. The maximum Gasteiger partial charge on any atom is 0.472 e. The van der Waals surface area contributed by atoms with Crippen molar-refractivity contribution in [2.45, 2.75) is 6.42 Å². The molecule has 1 saturated heterocycles. The zero-order chi connectivity index (χ0) is 30.7. The molecule has 2 aromatic carbocycles. The summed E-state index contributed by atoms with van der Waals surface area (Å²) in [6.45, 7) is 5.10. The Morgan fingerprint density at radius 3 is 2.72 bits per heavy atom. The fraction of sp³-hybridized carbons (Fsp3) is 0.259. The van der Waals surface area contributed by atoms with Crippen molar-refractivity contribution >= 4 is 53.6 Å². The quantitative estimate of drug-likeness (QED) is 0.107. The van der Waals surface area contributed by atoms with Gasteiger partial charge in [-0.25, -0.2) is 18.5 Å². The lowest BCUT2D eigenvalue weighted by molar-refractivity contribution is -0.114. The number of fused-ring (bicyclic) bond motifs is 1. The van der Waals surface area contributed by atoms with Crippen LogP contribution in [0.1, 0.15) is 5.56 Å². The van der Waals surface area contributed by atoms with E-state index in [0.717, 1.165) is 5.56 Å². The van der Waals surface area contributed by atoms with E-state index in [2.05, 4.69) is 41.5 Å². The van der Waals surface area contributed by atoms with Crippen LogP contribution in [-0.4, -0.2) is 80.7 Å². The fourth-order valence-corrected chi connectivity index (χ4v) is 5.04. The number of halogens is 2. The maximum absolute atomic E-state index is 15.7. The molecular weight excluding hydrogens is 604 g/mol. The SMILES string of the molecule is C=CC(=O)Cc1cccc(-c2nc(Nc3cc(F)c(N4CCN(C)CC4)c(OCOP(=O)(O)O)c3)nc3n[nH]c(Cl)c23)c1. The van der Waals surface area contributed by atoms with Crippen LogP contribution in [0.5, 0.6) is 5.75 Å². The van der Waals surface area contributed by atoms with E-state index in [1.54, 1.807) is 23.1 Å². The summed E-state index contributed by atoms with van der Waals surface area (Å²) < 4.78 is 36.8. The van der Waals surface area contributed by atoms with Gasteiger partial charge in [0.15, 0.2) is 29.8 Å². The van der Waals surface area contributed by atoms with Gasteiger partial charge >= 0.3 is 7.82 Å². The smallest absolute Gasteiger partial charge is 0.465 e. The van der Waals surface area contributed by atoms with Crippen molar-refractivity contribution in [1.29, 1.82) is 0 Å². The Morgan fingerprint density at radius 1 is 1.23 bits per heavy atom. The van der Waals surface area contributed by atoms with Crippen LogP contribution in [0.15, 0.2) is 49.1 Å². The predicted octanol–water partition coefficient (Wildman–Crippen LogP) is 4.05. The highest BCUT2D eigenvalue weighted by Crippen LogP contribution is 2.39. The number of phosphoric acid groups is 1. The molecule has 2 aromatic heterocycles. The lowest BCUT2D eigenvalue weighted by Crippen LogP contribution is -2.45. The number of anilines is 3. The Kier molecular flexibility index (Phi) is 9.06. The van der Waals surface area contributed by atoms with Gasteiger partial charge < -0.3 is 29.6 Å². The van der Waals surface area contributed by atoms with Crippen LogP contribution >= 0.6 is 19.4 Å². The molecule has 43 heavy (non-hydrogen) atoms. The van der Waals surface area contributed by atoms with Gasteiger partial charge in [0.25, 0.3) is 0 Å². The average Bonchev–Trinajstić information content (AvgIpc) is 3.33. The van der Waals surface area contributed by atoms with Gasteiger partial charge in [-0.2, -0.15) is 10.1 Å². The summed E-state index contributed by atoms with van der Waals surface area (Å²) in [7, 11) is -2.87. The largest absolute Gasteiger partial charge is 0.472 e. The van der Waals surface area contributed by atoms with Gasteiger partial charge in [-0.3, -0.25) is 9.89 Å². The molecule has 4 aromatic rings. The van der Waals surface area contributed by atoms with E-state index in [1.165, 1.54) is 18.2 Å². The van der Waals surface area contributed by atoms with Crippen molar-refractivity contribution in [2.24, 2.45) is 0 Å². The van der Waals surface area contributed by atoms with E-state index < -0.39 is 20.4 Å². The highest BCUT2D eigenvalue weighted by molar-refractivity contribution is 7.46. The van der Waals surface area contributed by atoms with Crippen LogP contribution in [0.4, 0.5) is 21.7 Å². The molecule has 0 saturated carbocycles. The van der Waals surface area contributed by atoms with Crippen LogP contribution in [-0.2, 0) is 20.3 Å². The first kappa shape index (κ1) is 30.5. The third kappa shape index (κ3) is 7.36. The second-order valence-electron chi connectivity index (χ2n) is 9.78. The van der Waals surface area contributed by atoms with E-state index in [-0.39, 0.29) is 46.1 Å². The third-order valence-corrected chi connectivity index (χ3v) is 7.43. The van der Waals surface area contributed by atoms with Crippen molar-refractivity contribution in [3.05, 3.63) is 65.6 Å². The lowest BCUT2D eigenvalue weighted by Gasteiger charge is -2.35. The molecular formula is C27H28ClFN7O6P. The van der Waals surface area contributed by atoms with Crippen LogP contribution in [0, 0.1) is 5.82 Å². The number of carbonyl (C=O) groups excluding carboxylic acids is 1. The van der Waals surface area contributed by atoms with E-state index in [1.807, 2.05) is 13.1 Å². The fourth-order valence-electron chi connectivity index (χ4n) is 4.64. The highest BCUT2D eigenvalue weighted by Gasteiger charge is 2.24. The van der Waals surface area contributed by atoms with E-state index >= 15 is 4.39 Å². The Morgan fingerprint density at radius 2 is 2.00 bits per heavy atom. The molecule has 0 atom stereocenters. The van der Waals surface area contributed by atoms with Crippen LogP contribution in [0.3, 0.4) is 0 Å². The number of nitrogens with zero attached hydrogens (tertiary/aromatic N) is 5. The van der Waals surface area contributed by atoms with Crippen molar-refractivity contribution < 1.29 is 32.8 Å². The normalized spacial score (nSPS) is 14.2. The first-order valence-electron chi connectivity index (χ1n) is 13.0. The molecule has 5 rings (SSSR count). The standard InChI is InChI=1S/C27H28ClFN7O6P/c1-3-19(37)12-16-5-4-6-17(11-16)23-22-25(28)33-34-26(22)32-27(31-23)30-18-13-20(29)24(36-9-7-35(2)8-10-36)21(14-18)41-15-42-43(38,39)40/h3-6,11,13-14H,1,7-10,12,15H2,2H3,(H2,38,39,40)(H2,30,31,32,33,34). The molecule has 3 heterocycles. The summed E-state index contributed by atoms with van der Waals surface area (Å²) in [6, 6.07) is 9.90. The number of phosphoric ester groups is 1. The van der Waals surface area contributed by atoms with Gasteiger partial charge in [0, 0.05) is 49.9 Å². The van der Waals surface area contributed by atoms with Crippen molar-refractivity contribution in [3.8, 4) is 17.0 Å². The zero-order valence-electron chi connectivity index (χ0n) is 23.0. The minimum absolute atomic E-state index is 0.00389. The number of benzene rings is 2. The Bertz CT molecular complexity index is 1720. The number of ether oxygens (including phenoxy) is 1. The summed E-state index contributed by atoms with van der Waals surface area (Å²) in [6.07, 6.45) is 1.41. The van der Waals surface area contributed by atoms with E-state index in [9.17, 15) is 9.36 Å². The number of hydrogen-bond acceptors (Lipinski definition) is 10. The third-order valence-electron chi connectivity index (χ3n) is 6.72. The summed E-state index contributed by atoms with van der Waals surface area (Å²) in [5.41, 5.74) is 2.37. The molecule has 0 unspecified atom stereocenters. The molecule has 226 valence electrons. The number of nitrogens with one attached hydrogen (secondary N) is 2. The summed E-state index contributed by atoms with van der Waals surface area (Å²) in [5.74, 6) is -0.712. The van der Waals surface area contributed by atoms with Crippen LogP contribution in [0.2, 0.25) is 5.15 Å². The molecule has 0 radical (unpaired) electrons. The van der Waals surface area contributed by atoms with Crippen molar-refractivity contribution in [3.63, 3.8) is 0 Å². The number of likely N-dealkylation sites (N-methyl/N-ethyl adjacent to an activating group) is 1. The van der Waals surface area contributed by atoms with Gasteiger partial charge in [-0.05, 0) is 30.8 Å². The Balaban J connectivity index is 1.51. The summed E-state index contributed by atoms with van der Waals surface area (Å²) >= 11 is 6.38. The Hall–Kier alpha value is -3.91. The number of H-pyrrole nitrogens is 1. The van der Waals surface area contributed by atoms with E-state index in [0.29, 0.717) is 42.8 Å². The molecule has 13 nitrogen and oxygen atoms in total. The molecule has 0 spiro atoms. The lowest BCUT2D eigenvalue weighted by atomic mass is 10.0. The highest BCUT2D eigenvalue weighted by atomic mass is 35.5. The van der Waals surface area contributed by atoms with Gasteiger partial charge in [-0.1, -0.05) is 36.4 Å². The number of aromatic nitrogens is 4. The topological polar surface area (TPSA) is 166 Å². The van der Waals surface area contributed by atoms with Crippen LogP contribution < -0.4 is 15.0 Å². The second-order valence-corrected chi connectivity index (χ2v) is 11.4. The second kappa shape index (κ2) is 12.8. The van der Waals surface area contributed by atoms with Gasteiger partial charge in [-0.15, -0.1) is 0 Å². The monoisotopic (exact) mass is 631 g/mol. The van der Waals surface area contributed by atoms with E-state index in [4.69, 9.17) is 26.1 Å². The van der Waals surface area contributed by atoms with Crippen molar-refractivity contribution in [1.82, 2.24) is 25.1 Å². The first-order chi connectivity index (χ1) is 20.5. The number of allylic oxidation sites excluding steroid dienone is 1. The average molecular weight is 632 g/mol. The molecule has 0 bridgehead atoms. The first-order valence-corrected chi connectivity index (χ1v) is 14.9. The Labute approximate surface area is 250 Å². The zero-order valence-corrected chi connectivity index (χ0v) is 24.6. The molecule has 1 aliphatic heterocycles. The number of hydrogen-bond donors (Lipinski definition) is 4. The number of piperazine rings is 1. The molecule has 4 N–H and O–H groups in total. The number of carbonyl (C=O) groups is 1. The summed E-state index contributed by atoms with van der Waals surface area (Å²) in [4.78, 5) is 43.0. The van der Waals surface area contributed by atoms with Gasteiger partial charge in [0.05, 0.1) is 11.1 Å². The molecule has 0 aliphatic carbocycles. The molecule has 1 aliphatic rings. The van der Waals surface area contributed by atoms with Crippen LogP contribution in [0.25, 0.3) is 22.3 Å². The molecule has 1 fully saturated rings. The minimum Gasteiger partial charge on any atom is -0.465 e. The maximum atomic E-state index is 15.7. The number of ketones is 1. The summed E-state index contributed by atoms with van der Waals surface area (Å²) in [5, 5.41) is 10.5. The van der Waals surface area contributed by atoms with Gasteiger partial charge in [0.2, 0.25) is 5.95 Å². The van der Waals surface area contributed by atoms with Crippen molar-refractivity contribution in [2.75, 3.05) is 50.2 Å². The number of aromatic amines is 1. The predicted molar refractivity (Wildman–Crippen MR) is 159 cm³/mol. The molecule has 0 amide bonds.